The van der Waals surface area contributed by atoms with Gasteiger partial charge in [0.05, 0.1) is 6.20 Å². The third-order valence-electron chi connectivity index (χ3n) is 3.81. The van der Waals surface area contributed by atoms with Crippen LogP contribution >= 0.6 is 12.4 Å². The second-order valence-corrected chi connectivity index (χ2v) is 5.39. The van der Waals surface area contributed by atoms with Gasteiger partial charge in [0.1, 0.15) is 0 Å². The van der Waals surface area contributed by atoms with Crippen LogP contribution in [0.5, 0.6) is 0 Å². The van der Waals surface area contributed by atoms with Crippen molar-refractivity contribution in [1.82, 2.24) is 10.3 Å². The monoisotopic (exact) mass is 321 g/mol. The number of carbonyl (C=O) groups excluding carboxylic acids is 1. The minimum atomic E-state index is 0. The maximum atomic E-state index is 12.0. The molecule has 1 unspecified atom stereocenters. The minimum absolute atomic E-state index is 0. The van der Waals surface area contributed by atoms with E-state index in [2.05, 4.69) is 15.6 Å². The molecule has 1 aliphatic rings. The summed E-state index contributed by atoms with van der Waals surface area (Å²) in [6, 6.07) is 7.61. The Balaban J connectivity index is 0.00000176. The van der Waals surface area contributed by atoms with Crippen molar-refractivity contribution in [3.63, 3.8) is 0 Å². The van der Waals surface area contributed by atoms with Gasteiger partial charge >= 0.3 is 0 Å². The molecule has 118 valence electrons. The van der Waals surface area contributed by atoms with Crippen molar-refractivity contribution in [2.75, 3.05) is 18.4 Å². The normalized spacial score (nSPS) is 17.0. The van der Waals surface area contributed by atoms with E-state index in [0.29, 0.717) is 18.1 Å². The number of amides is 1. The van der Waals surface area contributed by atoms with Crippen molar-refractivity contribution < 1.29 is 9.21 Å². The number of hydrogen-bond donors (Lipinski definition) is 2. The molecule has 2 aromatic rings. The quantitative estimate of drug-likeness (QED) is 0.888. The summed E-state index contributed by atoms with van der Waals surface area (Å²) in [6.07, 6.45) is 5.75. The van der Waals surface area contributed by atoms with Gasteiger partial charge in [-0.3, -0.25) is 4.79 Å². The molecule has 1 saturated heterocycles. The van der Waals surface area contributed by atoms with Gasteiger partial charge in [-0.25, -0.2) is 4.98 Å². The minimum Gasteiger partial charge on any atom is -0.444 e. The average Bonchev–Trinajstić information content (AvgIpc) is 3.19. The number of rotatable bonds is 5. The summed E-state index contributed by atoms with van der Waals surface area (Å²) in [5.74, 6) is 1.40. The number of aromatic nitrogens is 1. The lowest BCUT2D eigenvalue weighted by Crippen LogP contribution is -2.15. The predicted molar refractivity (Wildman–Crippen MR) is 88.0 cm³/mol. The first-order valence-corrected chi connectivity index (χ1v) is 7.31. The Bertz CT molecular complexity index is 595. The average molecular weight is 322 g/mol. The largest absolute Gasteiger partial charge is 0.444 e. The van der Waals surface area contributed by atoms with E-state index in [1.807, 2.05) is 24.3 Å². The van der Waals surface area contributed by atoms with Gasteiger partial charge in [-0.1, -0.05) is 12.1 Å². The number of oxazole rings is 1. The second-order valence-electron chi connectivity index (χ2n) is 5.39. The molecule has 22 heavy (non-hydrogen) atoms. The maximum Gasteiger partial charge on any atom is 0.224 e. The van der Waals surface area contributed by atoms with Crippen LogP contribution in [0, 0.1) is 5.92 Å². The van der Waals surface area contributed by atoms with Crippen LogP contribution < -0.4 is 10.6 Å². The Kier molecular flexibility index (Phi) is 5.98. The van der Waals surface area contributed by atoms with Crippen LogP contribution in [0.3, 0.4) is 0 Å². The molecule has 1 fully saturated rings. The summed E-state index contributed by atoms with van der Waals surface area (Å²) in [7, 11) is 0. The van der Waals surface area contributed by atoms with Crippen LogP contribution in [0.2, 0.25) is 0 Å². The lowest BCUT2D eigenvalue weighted by Gasteiger charge is -2.09. The fourth-order valence-electron chi connectivity index (χ4n) is 2.63. The molecule has 0 radical (unpaired) electrons. The summed E-state index contributed by atoms with van der Waals surface area (Å²) in [5.41, 5.74) is 1.70. The van der Waals surface area contributed by atoms with Crippen molar-refractivity contribution >= 4 is 24.0 Å². The Hall–Kier alpha value is -1.85. The lowest BCUT2D eigenvalue weighted by atomic mass is 10.0. The number of anilines is 1. The van der Waals surface area contributed by atoms with E-state index in [1.165, 1.54) is 12.8 Å². The van der Waals surface area contributed by atoms with Gasteiger partial charge < -0.3 is 15.1 Å². The zero-order valence-electron chi connectivity index (χ0n) is 12.2. The zero-order chi connectivity index (χ0) is 14.5. The lowest BCUT2D eigenvalue weighted by molar-refractivity contribution is -0.116. The van der Waals surface area contributed by atoms with Crippen molar-refractivity contribution in [2.45, 2.75) is 19.3 Å². The van der Waals surface area contributed by atoms with Gasteiger partial charge in [0, 0.05) is 17.7 Å². The first kappa shape index (κ1) is 16.5. The molecule has 1 atom stereocenters. The Morgan fingerprint density at radius 2 is 2.36 bits per heavy atom. The van der Waals surface area contributed by atoms with E-state index in [1.54, 1.807) is 6.20 Å². The van der Waals surface area contributed by atoms with Crippen LogP contribution in [0.4, 0.5) is 5.69 Å². The molecule has 1 amide bonds. The molecule has 1 aromatic carbocycles. The fraction of sp³-hybridized carbons (Fsp3) is 0.375. The second kappa shape index (κ2) is 7.96. The number of nitrogens with zero attached hydrogens (tertiary/aromatic N) is 1. The van der Waals surface area contributed by atoms with Crippen LogP contribution in [-0.2, 0) is 4.79 Å². The van der Waals surface area contributed by atoms with Crippen molar-refractivity contribution in [1.29, 1.82) is 0 Å². The Labute approximate surface area is 135 Å². The zero-order valence-corrected chi connectivity index (χ0v) is 13.1. The Morgan fingerprint density at radius 3 is 3.09 bits per heavy atom. The van der Waals surface area contributed by atoms with E-state index in [0.717, 1.165) is 30.8 Å². The summed E-state index contributed by atoms with van der Waals surface area (Å²) in [4.78, 5) is 15.9. The summed E-state index contributed by atoms with van der Waals surface area (Å²) >= 11 is 0. The van der Waals surface area contributed by atoms with Gasteiger partial charge in [-0.15, -0.1) is 12.4 Å². The molecule has 5 nitrogen and oxygen atoms in total. The SMILES string of the molecule is Cl.O=C(CCC1CCNC1)Nc1cccc(-c2cnco2)c1. The molecule has 0 aliphatic carbocycles. The third kappa shape index (κ3) is 4.32. The highest BCUT2D eigenvalue weighted by Gasteiger charge is 2.15. The standard InChI is InChI=1S/C16H19N3O2.ClH/c20-16(5-4-12-6-7-17-9-12)19-14-3-1-2-13(8-14)15-10-18-11-21-15;/h1-3,8,10-12,17H,4-7,9H2,(H,19,20);1H. The first-order chi connectivity index (χ1) is 10.3. The first-order valence-electron chi connectivity index (χ1n) is 7.31. The maximum absolute atomic E-state index is 12.0. The number of carbonyl (C=O) groups is 1. The van der Waals surface area contributed by atoms with E-state index in [-0.39, 0.29) is 18.3 Å². The van der Waals surface area contributed by atoms with E-state index in [4.69, 9.17) is 4.42 Å². The van der Waals surface area contributed by atoms with Crippen molar-refractivity contribution in [3.8, 4) is 11.3 Å². The molecule has 1 aliphatic heterocycles. The topological polar surface area (TPSA) is 67.2 Å². The number of halogens is 1. The molecule has 6 heteroatoms. The van der Waals surface area contributed by atoms with Crippen LogP contribution in [0.25, 0.3) is 11.3 Å². The molecule has 2 heterocycles. The highest BCUT2D eigenvalue weighted by atomic mass is 35.5. The van der Waals surface area contributed by atoms with Crippen LogP contribution in [-0.4, -0.2) is 24.0 Å². The number of benzene rings is 1. The molecule has 0 spiro atoms. The molecule has 0 saturated carbocycles. The van der Waals surface area contributed by atoms with Crippen LogP contribution in [0.1, 0.15) is 19.3 Å². The predicted octanol–water partition coefficient (Wildman–Crippen LogP) is 3.09. The van der Waals surface area contributed by atoms with Crippen molar-refractivity contribution in [2.24, 2.45) is 5.92 Å². The van der Waals surface area contributed by atoms with Gasteiger partial charge in [-0.05, 0) is 44.0 Å². The van der Waals surface area contributed by atoms with Gasteiger partial charge in [0.2, 0.25) is 5.91 Å². The molecule has 2 N–H and O–H groups in total. The molecule has 3 rings (SSSR count). The van der Waals surface area contributed by atoms with E-state index < -0.39 is 0 Å². The summed E-state index contributed by atoms with van der Waals surface area (Å²) in [6.45, 7) is 2.11. The third-order valence-corrected chi connectivity index (χ3v) is 3.81. The highest BCUT2D eigenvalue weighted by Crippen LogP contribution is 2.22. The Morgan fingerprint density at radius 1 is 1.45 bits per heavy atom. The van der Waals surface area contributed by atoms with Crippen LogP contribution in [0.15, 0.2) is 41.3 Å². The van der Waals surface area contributed by atoms with E-state index in [9.17, 15) is 4.79 Å². The number of nitrogens with one attached hydrogen (secondary N) is 2. The van der Waals surface area contributed by atoms with Gasteiger partial charge in [-0.2, -0.15) is 0 Å². The summed E-state index contributed by atoms with van der Waals surface area (Å²) in [5, 5.41) is 6.27. The molecule has 0 bridgehead atoms. The molecule has 1 aromatic heterocycles. The summed E-state index contributed by atoms with van der Waals surface area (Å²) < 4.78 is 5.26. The molecular weight excluding hydrogens is 302 g/mol. The smallest absolute Gasteiger partial charge is 0.224 e. The number of hydrogen-bond acceptors (Lipinski definition) is 4. The fourth-order valence-corrected chi connectivity index (χ4v) is 2.63. The highest BCUT2D eigenvalue weighted by molar-refractivity contribution is 5.91. The van der Waals surface area contributed by atoms with E-state index >= 15 is 0 Å². The van der Waals surface area contributed by atoms with Gasteiger partial charge in [0.15, 0.2) is 12.2 Å². The van der Waals surface area contributed by atoms with Crippen molar-refractivity contribution in [3.05, 3.63) is 36.9 Å². The molecular formula is C16H20ClN3O2. The van der Waals surface area contributed by atoms with Gasteiger partial charge in [0.25, 0.3) is 0 Å².